The van der Waals surface area contributed by atoms with Gasteiger partial charge in [0.2, 0.25) is 21.8 Å². The van der Waals surface area contributed by atoms with Gasteiger partial charge in [-0.2, -0.15) is 0 Å². The molecule has 1 atom stereocenters. The van der Waals surface area contributed by atoms with E-state index in [1.165, 1.54) is 0 Å². The van der Waals surface area contributed by atoms with Crippen molar-refractivity contribution in [3.8, 4) is 5.75 Å². The summed E-state index contributed by atoms with van der Waals surface area (Å²) in [5.74, 6) is -0.953. The monoisotopic (exact) mass is 440 g/mol. The van der Waals surface area contributed by atoms with Gasteiger partial charge in [-0.05, 0) is 70.5 Å². The van der Waals surface area contributed by atoms with E-state index in [0.29, 0.717) is 30.9 Å². The lowest BCUT2D eigenvalue weighted by atomic mass is 9.97. The lowest BCUT2D eigenvalue weighted by molar-refractivity contribution is -0.123. The number of rotatable bonds is 11. The number of primary amides is 1. The molecule has 10 heteroatoms. The predicted octanol–water partition coefficient (Wildman–Crippen LogP) is 0.919. The van der Waals surface area contributed by atoms with Gasteiger partial charge in [-0.3, -0.25) is 14.3 Å². The molecule has 1 saturated heterocycles. The molecule has 9 nitrogen and oxygen atoms in total. The fourth-order valence-corrected chi connectivity index (χ4v) is 4.35. The number of sulfonamides is 1. The van der Waals surface area contributed by atoms with Gasteiger partial charge in [-0.1, -0.05) is 0 Å². The molecule has 0 radical (unpaired) electrons. The zero-order valence-corrected chi connectivity index (χ0v) is 18.4. The second-order valence-electron chi connectivity index (χ2n) is 7.80. The van der Waals surface area contributed by atoms with E-state index in [1.54, 1.807) is 24.3 Å². The third-order valence-electron chi connectivity index (χ3n) is 4.70. The van der Waals surface area contributed by atoms with Crippen LogP contribution in [0.4, 0.5) is 5.69 Å². The molecule has 4 N–H and O–H groups in total. The molecule has 1 aromatic rings. The normalized spacial score (nSPS) is 17.5. The maximum Gasteiger partial charge on any atom is 0.241 e. The Hall–Kier alpha value is -2.33. The summed E-state index contributed by atoms with van der Waals surface area (Å²) in [6.07, 6.45) is 2.44. The van der Waals surface area contributed by atoms with Gasteiger partial charge in [0.1, 0.15) is 11.5 Å². The summed E-state index contributed by atoms with van der Waals surface area (Å²) in [7, 11) is -3.81. The van der Waals surface area contributed by atoms with Crippen LogP contribution in [0.15, 0.2) is 24.3 Å². The van der Waals surface area contributed by atoms with Gasteiger partial charge in [0, 0.05) is 18.8 Å². The molecule has 30 heavy (non-hydrogen) atoms. The first-order chi connectivity index (χ1) is 14.1. The number of likely N-dealkylation sites (tertiary alicyclic amines) is 1. The number of anilines is 1. The molecular formula is C20H32N4O5S. The zero-order valence-electron chi connectivity index (χ0n) is 17.6. The first-order valence-corrected chi connectivity index (χ1v) is 11.9. The molecule has 168 valence electrons. The molecule has 0 saturated carbocycles. The lowest BCUT2D eigenvalue weighted by Gasteiger charge is -2.31. The highest BCUT2D eigenvalue weighted by Crippen LogP contribution is 2.18. The molecule has 0 aromatic heterocycles. The average Bonchev–Trinajstić information content (AvgIpc) is 2.66. The standard InChI is InChI=1S/C20H32N4O5S/c1-15(2)29-18-8-6-17(7-9-18)23-30(27,28)14-19(25)22-10-4-12-24-11-3-5-16(13-24)20(21)26/h6-9,15-16,23H,3-5,10-14H2,1-2H3,(H2,21,26)(H,22,25). The molecule has 0 aliphatic carbocycles. The quantitative estimate of drug-likeness (QED) is 0.439. The van der Waals surface area contributed by atoms with E-state index in [9.17, 15) is 18.0 Å². The summed E-state index contributed by atoms with van der Waals surface area (Å²) in [5, 5.41) is 2.63. The van der Waals surface area contributed by atoms with Gasteiger partial charge in [0.15, 0.2) is 0 Å². The summed E-state index contributed by atoms with van der Waals surface area (Å²) in [6, 6.07) is 6.51. The summed E-state index contributed by atoms with van der Waals surface area (Å²) in [6.45, 7) is 6.44. The van der Waals surface area contributed by atoms with Gasteiger partial charge >= 0.3 is 0 Å². The molecule has 2 amide bonds. The Kier molecular flexibility index (Phi) is 8.91. The Balaban J connectivity index is 1.70. The number of amides is 2. The van der Waals surface area contributed by atoms with Crippen molar-refractivity contribution in [2.24, 2.45) is 11.7 Å². The number of ether oxygens (including phenoxy) is 1. The van der Waals surface area contributed by atoms with E-state index in [0.717, 1.165) is 25.9 Å². The number of nitrogens with one attached hydrogen (secondary N) is 2. The van der Waals surface area contributed by atoms with Crippen LogP contribution in [0.25, 0.3) is 0 Å². The van der Waals surface area contributed by atoms with E-state index >= 15 is 0 Å². The Morgan fingerprint density at radius 2 is 1.97 bits per heavy atom. The Bertz CT molecular complexity index is 811. The first-order valence-electron chi connectivity index (χ1n) is 10.2. The largest absolute Gasteiger partial charge is 0.491 e. The van der Waals surface area contributed by atoms with Crippen LogP contribution < -0.4 is 20.5 Å². The van der Waals surface area contributed by atoms with Crippen molar-refractivity contribution in [3.05, 3.63) is 24.3 Å². The van der Waals surface area contributed by atoms with Crippen LogP contribution in [0, 0.1) is 5.92 Å². The maximum atomic E-state index is 12.2. The molecule has 2 rings (SSSR count). The van der Waals surface area contributed by atoms with Gasteiger partial charge in [0.25, 0.3) is 0 Å². The van der Waals surface area contributed by atoms with Crippen LogP contribution in [-0.4, -0.2) is 63.2 Å². The smallest absolute Gasteiger partial charge is 0.241 e. The number of piperidine rings is 1. The van der Waals surface area contributed by atoms with Gasteiger partial charge in [-0.25, -0.2) is 8.42 Å². The summed E-state index contributed by atoms with van der Waals surface area (Å²) in [4.78, 5) is 25.5. The molecule has 1 unspecified atom stereocenters. The highest BCUT2D eigenvalue weighted by atomic mass is 32.2. The minimum absolute atomic E-state index is 0.0238. The number of carbonyl (C=O) groups is 2. The SMILES string of the molecule is CC(C)Oc1ccc(NS(=O)(=O)CC(=O)NCCCN2CCCC(C(N)=O)C2)cc1. The fraction of sp³-hybridized carbons (Fsp3) is 0.600. The molecule has 1 aliphatic heterocycles. The molecule has 1 aliphatic rings. The van der Waals surface area contributed by atoms with Crippen molar-refractivity contribution in [1.29, 1.82) is 0 Å². The third kappa shape index (κ3) is 8.58. The van der Waals surface area contributed by atoms with Crippen LogP contribution in [0.1, 0.15) is 33.1 Å². The van der Waals surface area contributed by atoms with Crippen LogP contribution >= 0.6 is 0 Å². The molecule has 1 aromatic carbocycles. The minimum atomic E-state index is -3.81. The summed E-state index contributed by atoms with van der Waals surface area (Å²) >= 11 is 0. The van der Waals surface area contributed by atoms with Crippen molar-refractivity contribution in [1.82, 2.24) is 10.2 Å². The fourth-order valence-electron chi connectivity index (χ4n) is 3.33. The van der Waals surface area contributed by atoms with Gasteiger partial charge in [-0.15, -0.1) is 0 Å². The predicted molar refractivity (Wildman–Crippen MR) is 116 cm³/mol. The van der Waals surface area contributed by atoms with E-state index in [2.05, 4.69) is 14.9 Å². The second-order valence-corrected chi connectivity index (χ2v) is 9.52. The molecule has 0 spiro atoms. The number of hydrogen-bond donors (Lipinski definition) is 3. The van der Waals surface area contributed by atoms with Crippen molar-refractivity contribution in [2.45, 2.75) is 39.2 Å². The van der Waals surface area contributed by atoms with Crippen molar-refractivity contribution < 1.29 is 22.7 Å². The van der Waals surface area contributed by atoms with Gasteiger partial charge in [0.05, 0.1) is 12.0 Å². The lowest BCUT2D eigenvalue weighted by Crippen LogP contribution is -2.42. The Morgan fingerprint density at radius 3 is 2.60 bits per heavy atom. The van der Waals surface area contributed by atoms with E-state index in [1.807, 2.05) is 13.8 Å². The summed E-state index contributed by atoms with van der Waals surface area (Å²) in [5.41, 5.74) is 5.74. The number of carbonyl (C=O) groups excluding carboxylic acids is 2. The number of nitrogens with two attached hydrogens (primary N) is 1. The highest BCUT2D eigenvalue weighted by molar-refractivity contribution is 7.93. The van der Waals surface area contributed by atoms with Crippen LogP contribution in [0.3, 0.4) is 0 Å². The average molecular weight is 441 g/mol. The molecular weight excluding hydrogens is 408 g/mol. The van der Waals surface area contributed by atoms with E-state index in [4.69, 9.17) is 10.5 Å². The first kappa shape index (κ1) is 23.9. The number of hydrogen-bond acceptors (Lipinski definition) is 6. The van der Waals surface area contributed by atoms with Gasteiger partial charge < -0.3 is 20.7 Å². The molecule has 1 fully saturated rings. The summed E-state index contributed by atoms with van der Waals surface area (Å²) < 4.78 is 32.3. The Morgan fingerprint density at radius 1 is 1.27 bits per heavy atom. The minimum Gasteiger partial charge on any atom is -0.491 e. The zero-order chi connectivity index (χ0) is 22.1. The van der Waals surface area contributed by atoms with Crippen molar-refractivity contribution >= 4 is 27.5 Å². The van der Waals surface area contributed by atoms with Crippen molar-refractivity contribution in [3.63, 3.8) is 0 Å². The highest BCUT2D eigenvalue weighted by Gasteiger charge is 2.23. The molecule has 1 heterocycles. The number of nitrogens with zero attached hydrogens (tertiary/aromatic N) is 1. The number of benzene rings is 1. The second kappa shape index (κ2) is 11.2. The maximum absolute atomic E-state index is 12.2. The molecule has 0 bridgehead atoms. The van der Waals surface area contributed by atoms with Crippen LogP contribution in [-0.2, 0) is 19.6 Å². The van der Waals surface area contributed by atoms with Crippen LogP contribution in [0.5, 0.6) is 5.75 Å². The third-order valence-corrected chi connectivity index (χ3v) is 5.89. The van der Waals surface area contributed by atoms with E-state index < -0.39 is 21.7 Å². The van der Waals surface area contributed by atoms with Crippen LogP contribution in [0.2, 0.25) is 0 Å². The van der Waals surface area contributed by atoms with Crippen molar-refractivity contribution in [2.75, 3.05) is 36.7 Å². The topological polar surface area (TPSA) is 131 Å². The Labute approximate surface area is 178 Å². The van der Waals surface area contributed by atoms with E-state index in [-0.39, 0.29) is 17.9 Å².